The van der Waals surface area contributed by atoms with Crippen LogP contribution in [-0.4, -0.2) is 25.5 Å². The van der Waals surface area contributed by atoms with Crippen molar-refractivity contribution in [1.82, 2.24) is 19.6 Å². The Morgan fingerprint density at radius 2 is 1.88 bits per heavy atom. The summed E-state index contributed by atoms with van der Waals surface area (Å²) >= 11 is 3.19. The molecule has 0 saturated carbocycles. The number of carbonyl (C=O) groups is 1. The maximum absolute atomic E-state index is 14.2. The first kappa shape index (κ1) is 21.9. The molecule has 1 atom stereocenters. The zero-order valence-electron chi connectivity index (χ0n) is 17.8. The summed E-state index contributed by atoms with van der Waals surface area (Å²) in [5.74, 6) is -1.09. The van der Waals surface area contributed by atoms with E-state index in [1.807, 2.05) is 37.3 Å². The predicted octanol–water partition coefficient (Wildman–Crippen LogP) is 4.69. The number of hydrogen-bond donors (Lipinski definition) is 1. The number of rotatable bonds is 5. The van der Waals surface area contributed by atoms with Crippen molar-refractivity contribution in [1.29, 1.82) is 0 Å². The van der Waals surface area contributed by atoms with Crippen molar-refractivity contribution in [2.45, 2.75) is 33.2 Å². The van der Waals surface area contributed by atoms with Crippen LogP contribution in [0, 0.1) is 19.7 Å². The van der Waals surface area contributed by atoms with Gasteiger partial charge in [0, 0.05) is 4.47 Å². The van der Waals surface area contributed by atoms with Crippen molar-refractivity contribution >= 4 is 38.4 Å². The number of benzene rings is 2. The van der Waals surface area contributed by atoms with E-state index >= 15 is 0 Å². The Bertz CT molecular complexity index is 1380. The fourth-order valence-corrected chi connectivity index (χ4v) is 4.02. The number of aromatic nitrogens is 4. The number of fused-ring (bicyclic) bond motifs is 1. The number of aryl methyl sites for hydroxylation is 2. The molecule has 2 aromatic heterocycles. The summed E-state index contributed by atoms with van der Waals surface area (Å²) in [5.41, 5.74) is 2.12. The number of para-hydroxylation sites is 1. The van der Waals surface area contributed by atoms with Crippen LogP contribution in [0.4, 0.5) is 10.1 Å². The fraction of sp³-hybridized carbons (Fsp3) is 0.217. The molecule has 32 heavy (non-hydrogen) atoms. The van der Waals surface area contributed by atoms with Gasteiger partial charge >= 0.3 is 0 Å². The van der Waals surface area contributed by atoms with E-state index in [9.17, 15) is 14.0 Å². The summed E-state index contributed by atoms with van der Waals surface area (Å²) in [5, 5.41) is 12.0. The molecule has 4 aromatic rings. The van der Waals surface area contributed by atoms with Gasteiger partial charge in [0.2, 0.25) is 5.91 Å². The van der Waals surface area contributed by atoms with Crippen LogP contribution in [0.2, 0.25) is 0 Å². The summed E-state index contributed by atoms with van der Waals surface area (Å²) in [6.07, 6.45) is 0.299. The SMILES string of the molecule is CC[C@@H](C(=O)Nc1ccc(Br)cc1F)n1nc(C)c2nn(-c3ccccc3)c(C)c2c1=O. The monoisotopic (exact) mass is 497 g/mol. The van der Waals surface area contributed by atoms with Gasteiger partial charge in [0.1, 0.15) is 17.4 Å². The minimum absolute atomic E-state index is 0.0376. The van der Waals surface area contributed by atoms with Crippen LogP contribution in [-0.2, 0) is 4.79 Å². The lowest BCUT2D eigenvalue weighted by Crippen LogP contribution is -2.35. The van der Waals surface area contributed by atoms with Crippen molar-refractivity contribution in [3.8, 4) is 5.69 Å². The van der Waals surface area contributed by atoms with Crippen molar-refractivity contribution in [2.75, 3.05) is 5.32 Å². The minimum atomic E-state index is -0.909. The van der Waals surface area contributed by atoms with Crippen LogP contribution >= 0.6 is 15.9 Å². The van der Waals surface area contributed by atoms with Gasteiger partial charge in [-0.1, -0.05) is 41.1 Å². The van der Waals surface area contributed by atoms with Gasteiger partial charge in [0.15, 0.2) is 0 Å². The Hall–Kier alpha value is -3.33. The van der Waals surface area contributed by atoms with Crippen LogP contribution in [0.25, 0.3) is 16.6 Å². The van der Waals surface area contributed by atoms with E-state index in [1.165, 1.54) is 16.8 Å². The summed E-state index contributed by atoms with van der Waals surface area (Å²) in [6.45, 7) is 5.33. The molecule has 7 nitrogen and oxygen atoms in total. The minimum Gasteiger partial charge on any atom is -0.322 e. The lowest BCUT2D eigenvalue weighted by molar-refractivity contribution is -0.119. The number of halogens is 2. The molecule has 1 N–H and O–H groups in total. The third-order valence-electron chi connectivity index (χ3n) is 5.31. The second kappa shape index (κ2) is 8.66. The van der Waals surface area contributed by atoms with Crippen LogP contribution < -0.4 is 10.9 Å². The number of hydrogen-bond acceptors (Lipinski definition) is 4. The topological polar surface area (TPSA) is 81.8 Å². The van der Waals surface area contributed by atoms with Crippen molar-refractivity contribution in [2.24, 2.45) is 0 Å². The van der Waals surface area contributed by atoms with Gasteiger partial charge in [-0.15, -0.1) is 0 Å². The summed E-state index contributed by atoms with van der Waals surface area (Å²) in [7, 11) is 0. The first-order valence-electron chi connectivity index (χ1n) is 10.1. The molecule has 1 amide bonds. The molecular weight excluding hydrogens is 477 g/mol. The second-order valence-electron chi connectivity index (χ2n) is 7.43. The second-order valence-corrected chi connectivity index (χ2v) is 8.34. The summed E-state index contributed by atoms with van der Waals surface area (Å²) in [4.78, 5) is 26.4. The fourth-order valence-electron chi connectivity index (χ4n) is 3.69. The molecule has 0 aliphatic heterocycles. The molecule has 0 radical (unpaired) electrons. The van der Waals surface area contributed by atoms with Gasteiger partial charge in [-0.2, -0.15) is 10.2 Å². The standard InChI is InChI=1S/C23H21BrFN5O2/c1-4-19(22(31)26-18-11-10-15(24)12-17(18)25)30-23(32)20-14(3)29(16-8-6-5-7-9-16)28-21(20)13(2)27-30/h5-12,19H,4H2,1-3H3,(H,26,31)/t19-/m0/s1. The normalized spacial score (nSPS) is 12.2. The molecule has 9 heteroatoms. The first-order valence-corrected chi connectivity index (χ1v) is 10.9. The molecule has 4 rings (SSSR count). The number of nitrogens with zero attached hydrogens (tertiary/aromatic N) is 4. The van der Waals surface area contributed by atoms with E-state index in [0.717, 1.165) is 5.69 Å². The Balaban J connectivity index is 1.79. The smallest absolute Gasteiger partial charge is 0.278 e. The third-order valence-corrected chi connectivity index (χ3v) is 5.81. The molecule has 2 heterocycles. The highest BCUT2D eigenvalue weighted by atomic mass is 79.9. The molecule has 0 unspecified atom stereocenters. The Morgan fingerprint density at radius 3 is 2.53 bits per heavy atom. The lowest BCUT2D eigenvalue weighted by Gasteiger charge is -2.17. The molecule has 0 fully saturated rings. The number of anilines is 1. The van der Waals surface area contributed by atoms with E-state index in [4.69, 9.17) is 0 Å². The van der Waals surface area contributed by atoms with Crippen molar-refractivity contribution in [3.05, 3.63) is 80.6 Å². The van der Waals surface area contributed by atoms with Gasteiger partial charge in [-0.3, -0.25) is 9.59 Å². The van der Waals surface area contributed by atoms with E-state index in [1.54, 1.807) is 24.6 Å². The molecular formula is C23H21BrFN5O2. The summed E-state index contributed by atoms with van der Waals surface area (Å²) < 4.78 is 17.6. The van der Waals surface area contributed by atoms with Gasteiger partial charge in [0.05, 0.1) is 28.1 Å². The number of nitrogens with one attached hydrogen (secondary N) is 1. The van der Waals surface area contributed by atoms with E-state index in [2.05, 4.69) is 31.4 Å². The zero-order valence-corrected chi connectivity index (χ0v) is 19.4. The van der Waals surface area contributed by atoms with E-state index in [-0.39, 0.29) is 5.69 Å². The van der Waals surface area contributed by atoms with Crippen LogP contribution in [0.15, 0.2) is 57.8 Å². The Morgan fingerprint density at radius 1 is 1.16 bits per heavy atom. The third kappa shape index (κ3) is 3.84. The van der Waals surface area contributed by atoms with Gasteiger partial charge < -0.3 is 5.32 Å². The maximum atomic E-state index is 14.2. The van der Waals surface area contributed by atoms with Gasteiger partial charge in [-0.25, -0.2) is 13.8 Å². The first-order chi connectivity index (χ1) is 15.3. The molecule has 0 saturated heterocycles. The molecule has 164 valence electrons. The van der Waals surface area contributed by atoms with E-state index in [0.29, 0.717) is 33.2 Å². The molecule has 0 aliphatic rings. The van der Waals surface area contributed by atoms with Crippen LogP contribution in [0.3, 0.4) is 0 Å². The Kier molecular flexibility index (Phi) is 5.92. The molecule has 0 aliphatic carbocycles. The highest BCUT2D eigenvalue weighted by Crippen LogP contribution is 2.23. The lowest BCUT2D eigenvalue weighted by atomic mass is 10.1. The zero-order chi connectivity index (χ0) is 23.0. The quantitative estimate of drug-likeness (QED) is 0.433. The van der Waals surface area contributed by atoms with Crippen molar-refractivity contribution in [3.63, 3.8) is 0 Å². The molecule has 0 spiro atoms. The highest BCUT2D eigenvalue weighted by molar-refractivity contribution is 9.10. The molecule has 2 aromatic carbocycles. The molecule has 0 bridgehead atoms. The van der Waals surface area contributed by atoms with Gasteiger partial charge in [-0.05, 0) is 50.6 Å². The predicted molar refractivity (Wildman–Crippen MR) is 125 cm³/mol. The Labute approximate surface area is 192 Å². The number of amides is 1. The summed E-state index contributed by atoms with van der Waals surface area (Å²) in [6, 6.07) is 12.9. The van der Waals surface area contributed by atoms with Crippen LogP contribution in [0.1, 0.15) is 30.8 Å². The number of carbonyl (C=O) groups excluding carboxylic acids is 1. The van der Waals surface area contributed by atoms with Crippen molar-refractivity contribution < 1.29 is 9.18 Å². The maximum Gasteiger partial charge on any atom is 0.278 e. The van der Waals surface area contributed by atoms with E-state index < -0.39 is 23.3 Å². The van der Waals surface area contributed by atoms with Gasteiger partial charge in [0.25, 0.3) is 5.56 Å². The average Bonchev–Trinajstić information content (AvgIpc) is 3.13. The highest BCUT2D eigenvalue weighted by Gasteiger charge is 2.26. The van der Waals surface area contributed by atoms with Crippen LogP contribution in [0.5, 0.6) is 0 Å². The largest absolute Gasteiger partial charge is 0.322 e. The average molecular weight is 498 g/mol.